The predicted octanol–water partition coefficient (Wildman–Crippen LogP) is 6.82. The molecule has 0 heterocycles. The molecule has 6 unspecified atom stereocenters. The van der Waals surface area contributed by atoms with Crippen LogP contribution in [0.5, 0.6) is 0 Å². The molecule has 6 atom stereocenters. The van der Waals surface area contributed by atoms with Crippen molar-refractivity contribution in [3.05, 3.63) is 0 Å². The third kappa shape index (κ3) is 12.5. The van der Waals surface area contributed by atoms with Crippen LogP contribution in [-0.2, 0) is 0 Å². The topological polar surface area (TPSA) is 0 Å². The second-order valence-electron chi connectivity index (χ2n) is 2.12. The Hall–Kier alpha value is 4.30. The Labute approximate surface area is 102 Å². The van der Waals surface area contributed by atoms with E-state index < -0.39 is 0 Å². The molecule has 82 valence electrons. The van der Waals surface area contributed by atoms with Crippen molar-refractivity contribution < 1.29 is 0 Å². The Bertz CT molecular complexity index is 81.3. The molecule has 10 heteroatoms. The van der Waals surface area contributed by atoms with E-state index in [2.05, 4.69) is 67.4 Å². The molecule has 0 spiro atoms. The van der Waals surface area contributed by atoms with E-state index in [1.54, 1.807) is 0 Å². The van der Waals surface area contributed by atoms with Gasteiger partial charge < -0.3 is 0 Å². The van der Waals surface area contributed by atoms with Crippen LogP contribution in [0, 0.1) is 0 Å². The molecule has 0 radical (unpaired) electrons. The van der Waals surface area contributed by atoms with Crippen LogP contribution in [0.2, 0.25) is 0 Å². The number of hydrogen-bond acceptors (Lipinski definition) is 0. The summed E-state index contributed by atoms with van der Waals surface area (Å²) in [6, 6.07) is 0. The van der Waals surface area contributed by atoms with Crippen molar-refractivity contribution in [3.8, 4) is 0 Å². The number of rotatable bonds is 3. The molecule has 0 N–H and O–H groups in total. The maximum absolute atomic E-state index is 2.95. The lowest BCUT2D eigenvalue weighted by Crippen LogP contribution is -1.37. The molecule has 0 saturated heterocycles. The first-order valence-electron chi connectivity index (χ1n) is 3.56. The Morgan fingerprint density at radius 3 is 0.846 bits per heavy atom. The molecule has 0 aromatic carbocycles. The summed E-state index contributed by atoms with van der Waals surface area (Å²) in [5, 5.41) is 0. The van der Waals surface area contributed by atoms with Crippen molar-refractivity contribution in [1.29, 1.82) is 0 Å². The highest BCUT2D eigenvalue weighted by molar-refractivity contribution is 9.16. The fourth-order valence-corrected chi connectivity index (χ4v) is 86.9. The smallest absolute Gasteiger partial charge is 0.00747 e. The Morgan fingerprint density at radius 2 is 0.846 bits per heavy atom. The zero-order valence-corrected chi connectivity index (χ0v) is 18.5. The maximum atomic E-state index is 2.95. The zero-order chi connectivity index (χ0) is 11.0. The van der Waals surface area contributed by atoms with Crippen LogP contribution in [0.1, 0.15) is 20.3 Å². The highest BCUT2D eigenvalue weighted by Gasteiger charge is 2.20. The standard InChI is InChI=1S/C3H8.H12P10/c1-3-2;1-7(2)10(8(3)4)9(5)6/h3H2,1-2H3;1-6H2. The lowest BCUT2D eigenvalue weighted by Gasteiger charge is -2.27. The third-order valence-corrected chi connectivity index (χ3v) is 50.2. The van der Waals surface area contributed by atoms with E-state index in [0.717, 1.165) is 0 Å². The summed E-state index contributed by atoms with van der Waals surface area (Å²) in [7, 11) is 17.7. The summed E-state index contributed by atoms with van der Waals surface area (Å²) in [5.74, 6) is 0. The molecule has 0 aliphatic carbocycles. The van der Waals surface area contributed by atoms with Gasteiger partial charge >= 0.3 is 0 Å². The number of hydrogen-bond donors (Lipinski definition) is 0. The quantitative estimate of drug-likeness (QED) is 0.481. The van der Waals surface area contributed by atoms with Crippen LogP contribution in [-0.4, -0.2) is 0 Å². The van der Waals surface area contributed by atoms with Gasteiger partial charge in [0.15, 0.2) is 0 Å². The van der Waals surface area contributed by atoms with E-state index in [9.17, 15) is 0 Å². The first kappa shape index (κ1) is 19.6. The van der Waals surface area contributed by atoms with Gasteiger partial charge in [0.1, 0.15) is 0 Å². The van der Waals surface area contributed by atoms with Crippen molar-refractivity contribution in [1.82, 2.24) is 0 Å². The Balaban J connectivity index is 0. The second kappa shape index (κ2) is 12.7. The Kier molecular flexibility index (Phi) is 19.3. The minimum atomic E-state index is 0.130. The molecule has 0 bridgehead atoms. The van der Waals surface area contributed by atoms with Gasteiger partial charge in [0, 0.05) is 0 Å². The van der Waals surface area contributed by atoms with Gasteiger partial charge in [0.25, 0.3) is 0 Å². The summed E-state index contributed by atoms with van der Waals surface area (Å²) in [4.78, 5) is 0. The lowest BCUT2D eigenvalue weighted by atomic mass is 10.6. The molecule has 0 aliphatic rings. The maximum Gasteiger partial charge on any atom is -0.00747 e. The summed E-state index contributed by atoms with van der Waals surface area (Å²) in [5.41, 5.74) is 0. The van der Waals surface area contributed by atoms with Gasteiger partial charge in [-0.25, -0.2) is 0 Å². The van der Waals surface area contributed by atoms with Crippen LogP contribution in [0.4, 0.5) is 0 Å². The molecular formula is C3H20P10. The van der Waals surface area contributed by atoms with Crippen molar-refractivity contribution in [2.45, 2.75) is 20.3 Å². The molecular weight excluding hydrogens is 346 g/mol. The van der Waals surface area contributed by atoms with E-state index in [-0.39, 0.29) is 27.9 Å². The van der Waals surface area contributed by atoms with E-state index in [4.69, 9.17) is 0 Å². The molecule has 13 heavy (non-hydrogen) atoms. The highest BCUT2D eigenvalue weighted by atomic mass is 33.2. The van der Waals surface area contributed by atoms with E-state index in [1.807, 2.05) is 0 Å². The summed E-state index contributed by atoms with van der Waals surface area (Å²) in [6.07, 6.45) is 1.25. The molecule has 0 rings (SSSR count). The van der Waals surface area contributed by atoms with Gasteiger partial charge in [0.05, 0.1) is 0 Å². The van der Waals surface area contributed by atoms with Crippen LogP contribution in [0.25, 0.3) is 0 Å². The average Bonchev–Trinajstić information content (AvgIpc) is 1.84. The second-order valence-corrected chi connectivity index (χ2v) is 38.7. The highest BCUT2D eigenvalue weighted by Crippen LogP contribution is 3.10. The predicted molar refractivity (Wildman–Crippen MR) is 102 cm³/mol. The fraction of sp³-hybridized carbons (Fsp3) is 1.00. The van der Waals surface area contributed by atoms with Crippen LogP contribution in [0.15, 0.2) is 0 Å². The molecule has 0 saturated carbocycles. The minimum Gasteiger partial charge on any atom is -0.102 e. The van der Waals surface area contributed by atoms with Gasteiger partial charge in [-0.05, 0) is 27.9 Å². The van der Waals surface area contributed by atoms with Crippen molar-refractivity contribution in [2.75, 3.05) is 0 Å². The van der Waals surface area contributed by atoms with Crippen molar-refractivity contribution in [3.63, 3.8) is 0 Å². The van der Waals surface area contributed by atoms with Crippen LogP contribution >= 0.6 is 81.5 Å². The first-order valence-corrected chi connectivity index (χ1v) is 20.8. The summed E-state index contributed by atoms with van der Waals surface area (Å²) in [6.45, 7) is 4.87. The van der Waals surface area contributed by atoms with Crippen LogP contribution < -0.4 is 0 Å². The molecule has 0 aromatic heterocycles. The average molecular weight is 366 g/mol. The molecule has 0 aromatic rings. The van der Waals surface area contributed by atoms with Crippen molar-refractivity contribution >= 4 is 81.5 Å². The first-order chi connectivity index (χ1) is 5.88. The third-order valence-electron chi connectivity index (χ3n) is 0.620. The Morgan fingerprint density at radius 1 is 0.692 bits per heavy atom. The lowest BCUT2D eigenvalue weighted by molar-refractivity contribution is 1.09. The van der Waals surface area contributed by atoms with E-state index in [0.29, 0.717) is 0 Å². The van der Waals surface area contributed by atoms with Gasteiger partial charge in [-0.1, -0.05) is 20.3 Å². The summed E-state index contributed by atoms with van der Waals surface area (Å²) < 4.78 is 0. The van der Waals surface area contributed by atoms with Gasteiger partial charge in [-0.15, -0.1) is 53.6 Å². The van der Waals surface area contributed by atoms with Gasteiger partial charge in [0.2, 0.25) is 0 Å². The van der Waals surface area contributed by atoms with Crippen LogP contribution in [0.3, 0.4) is 0 Å². The van der Waals surface area contributed by atoms with Crippen molar-refractivity contribution in [2.24, 2.45) is 0 Å². The summed E-state index contributed by atoms with van der Waals surface area (Å²) >= 11 is 0. The fourth-order valence-electron chi connectivity index (χ4n) is 0.358. The monoisotopic (exact) mass is 366 g/mol. The molecule has 0 fully saturated rings. The van der Waals surface area contributed by atoms with E-state index >= 15 is 0 Å². The van der Waals surface area contributed by atoms with Gasteiger partial charge in [-0.2, -0.15) is 0 Å². The molecule has 0 amide bonds. The molecule has 0 aliphatic heterocycles. The SMILES string of the molecule is CCC.PP(P)P(P(P)P)P(P)P. The minimum absolute atomic E-state index is 0.130. The normalized spacial score (nSPS) is 11.1. The van der Waals surface area contributed by atoms with E-state index in [1.165, 1.54) is 6.42 Å². The zero-order valence-electron chi connectivity index (χ0n) is 7.96. The largest absolute Gasteiger partial charge is 0.102 e. The van der Waals surface area contributed by atoms with Gasteiger partial charge in [-0.3, -0.25) is 0 Å². The molecule has 0 nitrogen and oxygen atoms in total.